The van der Waals surface area contributed by atoms with Gasteiger partial charge in [-0.05, 0) is 57.5 Å². The molecule has 132 valence electrons. The van der Waals surface area contributed by atoms with Crippen molar-refractivity contribution in [1.82, 2.24) is 4.98 Å². The van der Waals surface area contributed by atoms with E-state index in [1.165, 1.54) is 25.6 Å². The number of Topliss-reactive ketones (excluding diaryl/α,β-unsaturated/α-hetero) is 2. The number of aryl methyl sites for hydroxylation is 1. The second-order valence-corrected chi connectivity index (χ2v) is 7.43. The highest BCUT2D eigenvalue weighted by Crippen LogP contribution is 2.28. The molecule has 0 fully saturated rings. The van der Waals surface area contributed by atoms with Crippen molar-refractivity contribution in [3.05, 3.63) is 46.8 Å². The maximum Gasteiger partial charge on any atom is 0.221 e. The highest BCUT2D eigenvalue weighted by atomic mass is 32.2. The smallest absolute Gasteiger partial charge is 0.221 e. The topological polar surface area (TPSA) is 79.0 Å². The van der Waals surface area contributed by atoms with Gasteiger partial charge in [0.1, 0.15) is 0 Å². The van der Waals surface area contributed by atoms with E-state index < -0.39 is 0 Å². The van der Waals surface area contributed by atoms with Gasteiger partial charge in [0.05, 0.1) is 10.9 Å². The summed E-state index contributed by atoms with van der Waals surface area (Å²) in [5, 5.41) is 2.41. The minimum Gasteiger partial charge on any atom is -0.355 e. The summed E-state index contributed by atoms with van der Waals surface area (Å²) in [6.45, 7) is 8.41. The van der Waals surface area contributed by atoms with E-state index in [2.05, 4.69) is 10.3 Å². The molecule has 0 bridgehead atoms. The van der Waals surface area contributed by atoms with Gasteiger partial charge in [-0.1, -0.05) is 0 Å². The van der Waals surface area contributed by atoms with E-state index in [1.807, 2.05) is 19.1 Å². The summed E-state index contributed by atoms with van der Waals surface area (Å²) >= 11 is 1.44. The molecule has 1 aromatic heterocycles. The van der Waals surface area contributed by atoms with Gasteiger partial charge in [-0.3, -0.25) is 14.4 Å². The second kappa shape index (κ2) is 7.70. The number of amides is 1. The number of benzene rings is 1. The summed E-state index contributed by atoms with van der Waals surface area (Å²) < 4.78 is 0. The molecule has 0 aliphatic carbocycles. The Morgan fingerprint density at radius 2 is 1.68 bits per heavy atom. The Bertz CT molecular complexity index is 822. The molecule has 0 aliphatic rings. The fraction of sp³-hybridized carbons (Fsp3) is 0.316. The molecule has 2 rings (SSSR count). The quantitative estimate of drug-likeness (QED) is 0.600. The van der Waals surface area contributed by atoms with Crippen molar-refractivity contribution < 1.29 is 14.4 Å². The van der Waals surface area contributed by atoms with Crippen LogP contribution in [0.1, 0.15) is 52.9 Å². The van der Waals surface area contributed by atoms with Crippen LogP contribution >= 0.6 is 11.8 Å². The molecule has 1 heterocycles. The number of anilines is 1. The maximum absolute atomic E-state index is 12.8. The van der Waals surface area contributed by atoms with Gasteiger partial charge < -0.3 is 10.3 Å². The van der Waals surface area contributed by atoms with Gasteiger partial charge in [0.2, 0.25) is 5.91 Å². The van der Waals surface area contributed by atoms with E-state index >= 15 is 0 Å². The average molecular weight is 358 g/mol. The Labute approximate surface area is 151 Å². The lowest BCUT2D eigenvalue weighted by Crippen LogP contribution is -2.15. The van der Waals surface area contributed by atoms with Crippen molar-refractivity contribution in [2.24, 2.45) is 0 Å². The molecular formula is C19H22N2O3S. The van der Waals surface area contributed by atoms with E-state index in [9.17, 15) is 14.4 Å². The maximum atomic E-state index is 12.8. The van der Waals surface area contributed by atoms with E-state index in [-0.39, 0.29) is 22.7 Å². The first kappa shape index (κ1) is 19.0. The number of ketones is 2. The summed E-state index contributed by atoms with van der Waals surface area (Å²) in [6.07, 6.45) is 0. The molecule has 1 amide bonds. The number of H-pyrrole nitrogens is 1. The van der Waals surface area contributed by atoms with Crippen LogP contribution in [0.4, 0.5) is 5.69 Å². The van der Waals surface area contributed by atoms with Crippen molar-refractivity contribution in [2.75, 3.05) is 5.32 Å². The van der Waals surface area contributed by atoms with Gasteiger partial charge in [0.15, 0.2) is 11.6 Å². The van der Waals surface area contributed by atoms with Gasteiger partial charge in [0, 0.05) is 28.8 Å². The number of hydrogen-bond donors (Lipinski definition) is 2. The third-order valence-electron chi connectivity index (χ3n) is 3.89. The first-order valence-electron chi connectivity index (χ1n) is 7.99. The molecule has 1 aromatic carbocycles. The van der Waals surface area contributed by atoms with Gasteiger partial charge in [-0.15, -0.1) is 11.8 Å². The third-order valence-corrected chi connectivity index (χ3v) is 5.00. The summed E-state index contributed by atoms with van der Waals surface area (Å²) in [5.41, 5.74) is 3.25. The zero-order chi connectivity index (χ0) is 18.7. The molecule has 0 saturated carbocycles. The minimum absolute atomic E-state index is 0.0379. The molecule has 0 spiro atoms. The lowest BCUT2D eigenvalue weighted by atomic mass is 10.0. The van der Waals surface area contributed by atoms with Crippen LogP contribution in [-0.2, 0) is 4.79 Å². The molecule has 2 aromatic rings. The molecule has 2 N–H and O–H groups in total. The predicted octanol–water partition coefficient (Wildman–Crippen LogP) is 4.16. The number of rotatable bonds is 6. The highest BCUT2D eigenvalue weighted by molar-refractivity contribution is 8.00. The predicted molar refractivity (Wildman–Crippen MR) is 101 cm³/mol. The molecule has 0 radical (unpaired) electrons. The van der Waals surface area contributed by atoms with Crippen LogP contribution in [0.15, 0.2) is 29.2 Å². The van der Waals surface area contributed by atoms with Crippen LogP contribution in [0.3, 0.4) is 0 Å². The van der Waals surface area contributed by atoms with Gasteiger partial charge >= 0.3 is 0 Å². The standard InChI is InChI=1S/C19H22N2O3S/c1-10-17(12(3)22)11(2)20-18(10)19(24)13(4)25-16-8-6-15(7-9-16)21-14(5)23/h6-9,13,20H,1-5H3,(H,21,23)/t13-/m1/s1. The van der Waals surface area contributed by atoms with Crippen molar-refractivity contribution >= 4 is 34.9 Å². The van der Waals surface area contributed by atoms with Crippen LogP contribution in [0, 0.1) is 13.8 Å². The number of carbonyl (C=O) groups excluding carboxylic acids is 3. The van der Waals surface area contributed by atoms with E-state index in [0.717, 1.165) is 16.3 Å². The number of aromatic nitrogens is 1. The van der Waals surface area contributed by atoms with Crippen molar-refractivity contribution in [3.63, 3.8) is 0 Å². The Morgan fingerprint density at radius 1 is 1.08 bits per heavy atom. The minimum atomic E-state index is -0.303. The summed E-state index contributed by atoms with van der Waals surface area (Å²) in [5.74, 6) is -0.203. The van der Waals surface area contributed by atoms with Crippen LogP contribution in [-0.4, -0.2) is 27.7 Å². The SMILES string of the molecule is CC(=O)Nc1ccc(S[C@H](C)C(=O)c2[nH]c(C)c(C(C)=O)c2C)cc1. The van der Waals surface area contributed by atoms with Crippen LogP contribution < -0.4 is 5.32 Å². The fourth-order valence-corrected chi connectivity index (χ4v) is 3.73. The molecule has 0 aliphatic heterocycles. The van der Waals surface area contributed by atoms with E-state index in [1.54, 1.807) is 26.0 Å². The van der Waals surface area contributed by atoms with Crippen molar-refractivity contribution in [2.45, 2.75) is 44.8 Å². The number of carbonyl (C=O) groups is 3. The molecule has 6 heteroatoms. The Morgan fingerprint density at radius 3 is 2.16 bits per heavy atom. The number of hydrogen-bond acceptors (Lipinski definition) is 4. The summed E-state index contributed by atoms with van der Waals surface area (Å²) in [6, 6.07) is 7.35. The molecule has 25 heavy (non-hydrogen) atoms. The first-order chi connectivity index (χ1) is 11.7. The van der Waals surface area contributed by atoms with Gasteiger partial charge in [-0.2, -0.15) is 0 Å². The molecule has 5 nitrogen and oxygen atoms in total. The van der Waals surface area contributed by atoms with E-state index in [0.29, 0.717) is 16.8 Å². The second-order valence-electron chi connectivity index (χ2n) is 6.01. The lowest BCUT2D eigenvalue weighted by Gasteiger charge is -2.11. The molecule has 1 atom stereocenters. The molecule has 0 unspecified atom stereocenters. The van der Waals surface area contributed by atoms with Crippen molar-refractivity contribution in [3.8, 4) is 0 Å². The van der Waals surface area contributed by atoms with Crippen LogP contribution in [0.5, 0.6) is 0 Å². The monoisotopic (exact) mass is 358 g/mol. The fourth-order valence-electron chi connectivity index (χ4n) is 2.81. The largest absolute Gasteiger partial charge is 0.355 e. The lowest BCUT2D eigenvalue weighted by molar-refractivity contribution is -0.114. The summed E-state index contributed by atoms with van der Waals surface area (Å²) in [7, 11) is 0. The first-order valence-corrected chi connectivity index (χ1v) is 8.87. The zero-order valence-corrected chi connectivity index (χ0v) is 15.8. The summed E-state index contributed by atoms with van der Waals surface area (Å²) in [4.78, 5) is 39.5. The van der Waals surface area contributed by atoms with Crippen molar-refractivity contribution in [1.29, 1.82) is 0 Å². The number of aromatic amines is 1. The van der Waals surface area contributed by atoms with Gasteiger partial charge in [-0.25, -0.2) is 0 Å². The van der Waals surface area contributed by atoms with Gasteiger partial charge in [0.25, 0.3) is 0 Å². The number of nitrogens with one attached hydrogen (secondary N) is 2. The third kappa shape index (κ3) is 4.39. The Hall–Kier alpha value is -2.34. The Kier molecular flexibility index (Phi) is 5.85. The normalized spacial score (nSPS) is 11.9. The average Bonchev–Trinajstić information content (AvgIpc) is 2.82. The van der Waals surface area contributed by atoms with Crippen LogP contribution in [0.2, 0.25) is 0 Å². The van der Waals surface area contributed by atoms with E-state index in [4.69, 9.17) is 0 Å². The molecular weight excluding hydrogens is 336 g/mol. The zero-order valence-electron chi connectivity index (χ0n) is 15.0. The number of thioether (sulfide) groups is 1. The Balaban J connectivity index is 2.14. The highest BCUT2D eigenvalue weighted by Gasteiger charge is 2.24. The van der Waals surface area contributed by atoms with Crippen LogP contribution in [0.25, 0.3) is 0 Å². The molecule has 0 saturated heterocycles.